The second kappa shape index (κ2) is 8.92. The number of halogens is 1. The first-order valence-electron chi connectivity index (χ1n) is 8.72. The van der Waals surface area contributed by atoms with Crippen LogP contribution in [0.1, 0.15) is 12.0 Å². The number of nitrogens with zero attached hydrogens (tertiary/aromatic N) is 2. The summed E-state index contributed by atoms with van der Waals surface area (Å²) in [7, 11) is 3.81. The van der Waals surface area contributed by atoms with Gasteiger partial charge in [-0.3, -0.25) is 0 Å². The minimum Gasteiger partial charge on any atom is -0.472 e. The fourth-order valence-corrected chi connectivity index (χ4v) is 2.92. The molecular weight excluding hydrogens is 368 g/mol. The molecule has 8 heteroatoms. The Morgan fingerprint density at radius 1 is 1.37 bits per heavy atom. The van der Waals surface area contributed by atoms with Crippen LogP contribution in [0.4, 0.5) is 16.2 Å². The summed E-state index contributed by atoms with van der Waals surface area (Å²) in [6.45, 7) is 1.65. The highest BCUT2D eigenvalue weighted by Gasteiger charge is 2.17. The van der Waals surface area contributed by atoms with Crippen molar-refractivity contribution in [2.45, 2.75) is 19.1 Å². The Morgan fingerprint density at radius 3 is 2.96 bits per heavy atom. The summed E-state index contributed by atoms with van der Waals surface area (Å²) < 4.78 is 11.1. The maximum absolute atomic E-state index is 12.3. The van der Waals surface area contributed by atoms with Crippen molar-refractivity contribution in [3.05, 3.63) is 47.1 Å². The van der Waals surface area contributed by atoms with E-state index in [2.05, 4.69) is 15.6 Å². The van der Waals surface area contributed by atoms with E-state index in [-0.39, 0.29) is 12.1 Å². The van der Waals surface area contributed by atoms with Crippen molar-refractivity contribution in [3.8, 4) is 5.88 Å². The first-order chi connectivity index (χ1) is 13.0. The lowest BCUT2D eigenvalue weighted by Gasteiger charge is -2.18. The number of amides is 2. The molecule has 1 atom stereocenters. The molecule has 0 bridgehead atoms. The summed E-state index contributed by atoms with van der Waals surface area (Å²) in [5, 5.41) is 6.23. The van der Waals surface area contributed by atoms with E-state index in [1.807, 2.05) is 37.2 Å². The van der Waals surface area contributed by atoms with Gasteiger partial charge >= 0.3 is 6.03 Å². The minimum absolute atomic E-state index is 0.0382. The number of ether oxygens (including phenoxy) is 2. The van der Waals surface area contributed by atoms with Crippen molar-refractivity contribution in [2.24, 2.45) is 0 Å². The number of urea groups is 1. The number of aromatic nitrogens is 1. The van der Waals surface area contributed by atoms with E-state index in [1.54, 1.807) is 18.3 Å². The van der Waals surface area contributed by atoms with Gasteiger partial charge in [-0.1, -0.05) is 11.6 Å². The Bertz CT molecular complexity index is 794. The van der Waals surface area contributed by atoms with Gasteiger partial charge in [-0.2, -0.15) is 0 Å². The molecule has 1 aliphatic heterocycles. The van der Waals surface area contributed by atoms with Crippen LogP contribution < -0.4 is 20.3 Å². The number of carbonyl (C=O) groups is 1. The quantitative estimate of drug-likeness (QED) is 0.791. The third-order valence-electron chi connectivity index (χ3n) is 4.12. The summed E-state index contributed by atoms with van der Waals surface area (Å²) in [6, 6.07) is 8.71. The molecule has 144 valence electrons. The van der Waals surface area contributed by atoms with Gasteiger partial charge in [0.1, 0.15) is 6.10 Å². The topological polar surface area (TPSA) is 75.7 Å². The van der Waals surface area contributed by atoms with Gasteiger partial charge in [-0.25, -0.2) is 9.78 Å². The predicted molar refractivity (Wildman–Crippen MR) is 106 cm³/mol. The summed E-state index contributed by atoms with van der Waals surface area (Å²) >= 11 is 6.05. The Kier molecular flexibility index (Phi) is 6.36. The standard InChI is InChI=1S/C19H23ClN4O3/c1-24(2)17-4-3-14(20)10-16(17)23-19(25)22-11-13-5-7-21-18(9-13)27-15-6-8-26-12-15/h3-5,7,9-10,15H,6,8,11-12H2,1-2H3,(H2,22,23,25). The third-order valence-corrected chi connectivity index (χ3v) is 4.35. The van der Waals surface area contributed by atoms with Crippen LogP contribution >= 0.6 is 11.6 Å². The Labute approximate surface area is 163 Å². The number of hydrogen-bond donors (Lipinski definition) is 2. The normalized spacial score (nSPS) is 16.0. The lowest BCUT2D eigenvalue weighted by molar-refractivity contribution is 0.138. The maximum atomic E-state index is 12.3. The number of nitrogens with one attached hydrogen (secondary N) is 2. The summed E-state index contributed by atoms with van der Waals surface area (Å²) in [5.41, 5.74) is 2.41. The molecule has 27 heavy (non-hydrogen) atoms. The molecule has 0 saturated carbocycles. The fraction of sp³-hybridized carbons (Fsp3) is 0.368. The molecule has 2 heterocycles. The van der Waals surface area contributed by atoms with E-state index in [4.69, 9.17) is 21.1 Å². The van der Waals surface area contributed by atoms with Crippen LogP contribution in [0, 0.1) is 0 Å². The molecule has 7 nitrogen and oxygen atoms in total. The molecular formula is C19H23ClN4O3. The number of benzene rings is 1. The number of carbonyl (C=O) groups excluding carboxylic acids is 1. The highest BCUT2D eigenvalue weighted by molar-refractivity contribution is 6.31. The van der Waals surface area contributed by atoms with E-state index in [0.29, 0.717) is 36.3 Å². The molecule has 1 saturated heterocycles. The molecule has 1 fully saturated rings. The van der Waals surface area contributed by atoms with Crippen LogP contribution in [-0.2, 0) is 11.3 Å². The minimum atomic E-state index is -0.316. The van der Waals surface area contributed by atoms with Gasteiger partial charge in [0.05, 0.1) is 24.6 Å². The largest absolute Gasteiger partial charge is 0.472 e. The second-order valence-electron chi connectivity index (χ2n) is 6.47. The second-order valence-corrected chi connectivity index (χ2v) is 6.91. The third kappa shape index (κ3) is 5.48. The molecule has 2 aromatic rings. The van der Waals surface area contributed by atoms with E-state index < -0.39 is 0 Å². The van der Waals surface area contributed by atoms with Crippen LogP contribution in [0.15, 0.2) is 36.5 Å². The van der Waals surface area contributed by atoms with Crippen molar-refractivity contribution in [2.75, 3.05) is 37.5 Å². The number of hydrogen-bond acceptors (Lipinski definition) is 5. The SMILES string of the molecule is CN(C)c1ccc(Cl)cc1NC(=O)NCc1ccnc(OC2CCOC2)c1. The molecule has 1 unspecified atom stereocenters. The molecule has 2 N–H and O–H groups in total. The highest BCUT2D eigenvalue weighted by atomic mass is 35.5. The van der Waals surface area contributed by atoms with Gasteiger partial charge in [-0.05, 0) is 29.8 Å². The summed E-state index contributed by atoms with van der Waals surface area (Å²) in [4.78, 5) is 18.4. The molecule has 0 spiro atoms. The van der Waals surface area contributed by atoms with Gasteiger partial charge in [0.15, 0.2) is 0 Å². The molecule has 1 aliphatic rings. The van der Waals surface area contributed by atoms with Crippen molar-refractivity contribution < 1.29 is 14.3 Å². The van der Waals surface area contributed by atoms with Gasteiger partial charge in [0, 0.05) is 44.3 Å². The number of rotatable bonds is 6. The lowest BCUT2D eigenvalue weighted by Crippen LogP contribution is -2.29. The highest BCUT2D eigenvalue weighted by Crippen LogP contribution is 2.27. The zero-order chi connectivity index (χ0) is 19.2. The van der Waals surface area contributed by atoms with Gasteiger partial charge in [-0.15, -0.1) is 0 Å². The van der Waals surface area contributed by atoms with E-state index in [1.165, 1.54) is 0 Å². The number of anilines is 2. The lowest BCUT2D eigenvalue weighted by atomic mass is 10.2. The van der Waals surface area contributed by atoms with Crippen LogP contribution in [0.5, 0.6) is 5.88 Å². The summed E-state index contributed by atoms with van der Waals surface area (Å²) in [6.07, 6.45) is 2.57. The Hall–Kier alpha value is -2.51. The molecule has 0 aliphatic carbocycles. The molecule has 1 aromatic carbocycles. The average Bonchev–Trinajstić information content (AvgIpc) is 3.13. The Balaban J connectivity index is 1.57. The van der Waals surface area contributed by atoms with Crippen LogP contribution in [0.3, 0.4) is 0 Å². The van der Waals surface area contributed by atoms with Crippen LogP contribution in [-0.4, -0.2) is 44.4 Å². The van der Waals surface area contributed by atoms with Gasteiger partial charge < -0.3 is 25.0 Å². The Morgan fingerprint density at radius 2 is 2.22 bits per heavy atom. The van der Waals surface area contributed by atoms with Gasteiger partial charge in [0.2, 0.25) is 5.88 Å². The van der Waals surface area contributed by atoms with Crippen molar-refractivity contribution in [1.29, 1.82) is 0 Å². The van der Waals surface area contributed by atoms with Crippen molar-refractivity contribution in [1.82, 2.24) is 10.3 Å². The van der Waals surface area contributed by atoms with Crippen LogP contribution in [0.2, 0.25) is 5.02 Å². The van der Waals surface area contributed by atoms with Crippen LogP contribution in [0.25, 0.3) is 0 Å². The number of pyridine rings is 1. The zero-order valence-corrected chi connectivity index (χ0v) is 16.1. The monoisotopic (exact) mass is 390 g/mol. The summed E-state index contributed by atoms with van der Waals surface area (Å²) in [5.74, 6) is 0.537. The van der Waals surface area contributed by atoms with E-state index in [9.17, 15) is 4.79 Å². The van der Waals surface area contributed by atoms with Crippen molar-refractivity contribution in [3.63, 3.8) is 0 Å². The first-order valence-corrected chi connectivity index (χ1v) is 9.10. The van der Waals surface area contributed by atoms with Crippen molar-refractivity contribution >= 4 is 29.0 Å². The maximum Gasteiger partial charge on any atom is 0.319 e. The molecule has 3 rings (SSSR count). The first kappa shape index (κ1) is 19.3. The average molecular weight is 391 g/mol. The zero-order valence-electron chi connectivity index (χ0n) is 15.4. The van der Waals surface area contributed by atoms with Gasteiger partial charge in [0.25, 0.3) is 0 Å². The molecule has 1 aromatic heterocycles. The molecule has 2 amide bonds. The molecule has 0 radical (unpaired) electrons. The fourth-order valence-electron chi connectivity index (χ4n) is 2.75. The van der Waals surface area contributed by atoms with E-state index >= 15 is 0 Å². The predicted octanol–water partition coefficient (Wildman–Crippen LogP) is 3.29. The van der Waals surface area contributed by atoms with E-state index in [0.717, 1.165) is 17.7 Å². The smallest absolute Gasteiger partial charge is 0.319 e.